The molecular weight excluding hydrogens is 595 g/mol. The standard InChI is InChI=1S/C29H27F5N4O6/c1-14-21-25(36-12-35-14)38(13-37-21)26-23(40)22(39)20(44-26)11-43-17-9-15(8-16(10-17)29(32,33)34)6-7-27(42)19-5-3-2-4-18(19)24(41)28(27,30)31/h2-5,8-10,12-13,20,22-24,26,39-42H,6-7,11H2,1H3/t20-,22-,23-,24?,26-,27?/m1/s1. The van der Waals surface area contributed by atoms with Gasteiger partial charge in [-0.15, -0.1) is 0 Å². The fourth-order valence-electron chi connectivity index (χ4n) is 5.82. The zero-order valence-electron chi connectivity index (χ0n) is 23.0. The van der Waals surface area contributed by atoms with E-state index in [4.69, 9.17) is 9.47 Å². The van der Waals surface area contributed by atoms with E-state index in [1.165, 1.54) is 47.6 Å². The first-order valence-electron chi connectivity index (χ1n) is 13.6. The molecule has 0 radical (unpaired) electrons. The average Bonchev–Trinajstić information content (AvgIpc) is 3.58. The van der Waals surface area contributed by atoms with Crippen molar-refractivity contribution < 1.29 is 51.9 Å². The number of fused-ring (bicyclic) bond motifs is 2. The lowest BCUT2D eigenvalue weighted by Crippen LogP contribution is -2.44. The highest BCUT2D eigenvalue weighted by Gasteiger charge is 2.64. The Hall–Kier alpha value is -3.76. The Labute approximate surface area is 246 Å². The third kappa shape index (κ3) is 4.88. The molecule has 4 N–H and O–H groups in total. The van der Waals surface area contributed by atoms with Crippen LogP contribution >= 0.6 is 0 Å². The van der Waals surface area contributed by atoms with Crippen molar-refractivity contribution in [2.75, 3.05) is 6.61 Å². The normalized spacial score (nSPS) is 28.0. The smallest absolute Gasteiger partial charge is 0.416 e. The van der Waals surface area contributed by atoms with Crippen LogP contribution in [-0.4, -0.2) is 70.8 Å². The molecule has 1 aliphatic carbocycles. The number of ether oxygens (including phenoxy) is 2. The molecule has 234 valence electrons. The zero-order chi connectivity index (χ0) is 31.6. The number of aliphatic hydroxyl groups excluding tert-OH is 3. The van der Waals surface area contributed by atoms with E-state index in [-0.39, 0.29) is 22.4 Å². The van der Waals surface area contributed by atoms with Gasteiger partial charge in [-0.3, -0.25) is 4.57 Å². The predicted octanol–water partition coefficient (Wildman–Crippen LogP) is 3.35. The van der Waals surface area contributed by atoms with Crippen molar-refractivity contribution in [1.29, 1.82) is 0 Å². The molecule has 4 aromatic rings. The molecule has 6 rings (SSSR count). The van der Waals surface area contributed by atoms with E-state index in [0.29, 0.717) is 22.9 Å². The summed E-state index contributed by atoms with van der Waals surface area (Å²) >= 11 is 0. The van der Waals surface area contributed by atoms with Gasteiger partial charge >= 0.3 is 12.1 Å². The monoisotopic (exact) mass is 622 g/mol. The van der Waals surface area contributed by atoms with E-state index in [0.717, 1.165) is 6.07 Å². The Kier molecular flexibility index (Phi) is 7.36. The second kappa shape index (κ2) is 10.7. The second-order valence-corrected chi connectivity index (χ2v) is 11.0. The molecule has 44 heavy (non-hydrogen) atoms. The van der Waals surface area contributed by atoms with Crippen LogP contribution in [0.4, 0.5) is 22.0 Å². The molecule has 3 heterocycles. The summed E-state index contributed by atoms with van der Waals surface area (Å²) in [4.78, 5) is 12.4. The van der Waals surface area contributed by atoms with Gasteiger partial charge in [-0.1, -0.05) is 24.3 Å². The number of alkyl halides is 5. The summed E-state index contributed by atoms with van der Waals surface area (Å²) in [6.45, 7) is 1.24. The summed E-state index contributed by atoms with van der Waals surface area (Å²) < 4.78 is 84.2. The average molecular weight is 623 g/mol. The molecule has 2 aromatic heterocycles. The molecule has 1 fully saturated rings. The predicted molar refractivity (Wildman–Crippen MR) is 141 cm³/mol. The van der Waals surface area contributed by atoms with Gasteiger partial charge in [-0.05, 0) is 54.7 Å². The quantitative estimate of drug-likeness (QED) is 0.228. The lowest BCUT2D eigenvalue weighted by molar-refractivity contribution is -0.226. The third-order valence-corrected chi connectivity index (χ3v) is 8.23. The van der Waals surface area contributed by atoms with E-state index in [1.54, 1.807) is 6.92 Å². The van der Waals surface area contributed by atoms with Crippen molar-refractivity contribution in [3.05, 3.63) is 83.1 Å². The Balaban J connectivity index is 1.21. The SMILES string of the molecule is Cc1ncnc2c1ncn2[C@@H]1O[C@H](COc2cc(CCC3(O)c4ccccc4C(O)C3(F)F)cc(C(F)(F)F)c2)[C@@H](O)[C@H]1O. The van der Waals surface area contributed by atoms with E-state index in [1.807, 2.05) is 0 Å². The second-order valence-electron chi connectivity index (χ2n) is 11.0. The van der Waals surface area contributed by atoms with Gasteiger partial charge in [-0.2, -0.15) is 22.0 Å². The van der Waals surface area contributed by atoms with Gasteiger partial charge < -0.3 is 29.9 Å². The van der Waals surface area contributed by atoms with Crippen LogP contribution in [0.3, 0.4) is 0 Å². The van der Waals surface area contributed by atoms with Crippen LogP contribution in [0.25, 0.3) is 11.2 Å². The summed E-state index contributed by atoms with van der Waals surface area (Å²) in [6, 6.07) is 8.02. The van der Waals surface area contributed by atoms with Crippen molar-refractivity contribution in [3.8, 4) is 5.75 Å². The van der Waals surface area contributed by atoms with Crippen LogP contribution in [0.5, 0.6) is 5.75 Å². The highest BCUT2D eigenvalue weighted by atomic mass is 19.4. The number of aryl methyl sites for hydroxylation is 2. The summed E-state index contributed by atoms with van der Waals surface area (Å²) in [6.07, 6.45) is -10.8. The van der Waals surface area contributed by atoms with Gasteiger partial charge in [0.15, 0.2) is 17.5 Å². The molecule has 0 bridgehead atoms. The molecule has 0 amide bonds. The van der Waals surface area contributed by atoms with Crippen molar-refractivity contribution in [2.45, 2.75) is 68.1 Å². The molecule has 2 unspecified atom stereocenters. The van der Waals surface area contributed by atoms with Gasteiger partial charge in [0.05, 0.1) is 17.6 Å². The molecule has 6 atom stereocenters. The fraction of sp³-hybridized carbons (Fsp3) is 0.414. The fourth-order valence-corrected chi connectivity index (χ4v) is 5.82. The van der Waals surface area contributed by atoms with Crippen LogP contribution in [0.15, 0.2) is 55.1 Å². The molecule has 2 aliphatic rings. The summed E-state index contributed by atoms with van der Waals surface area (Å²) in [5.41, 5.74) is -3.01. The Bertz CT molecular complexity index is 1700. The highest BCUT2D eigenvalue weighted by Crippen LogP contribution is 2.56. The van der Waals surface area contributed by atoms with Crippen LogP contribution in [0.2, 0.25) is 0 Å². The number of rotatable bonds is 7. The van der Waals surface area contributed by atoms with Crippen LogP contribution < -0.4 is 4.74 Å². The van der Waals surface area contributed by atoms with Crippen molar-refractivity contribution >= 4 is 11.2 Å². The van der Waals surface area contributed by atoms with E-state index in [2.05, 4.69) is 15.0 Å². The Morgan fingerprint density at radius 2 is 1.77 bits per heavy atom. The van der Waals surface area contributed by atoms with Crippen LogP contribution in [0.1, 0.15) is 46.7 Å². The summed E-state index contributed by atoms with van der Waals surface area (Å²) in [7, 11) is 0. The Morgan fingerprint density at radius 1 is 1.02 bits per heavy atom. The summed E-state index contributed by atoms with van der Waals surface area (Å²) in [5.74, 6) is -4.29. The molecular formula is C29H27F5N4O6. The molecule has 0 spiro atoms. The maximum absolute atomic E-state index is 15.1. The number of nitrogens with zero attached hydrogens (tertiary/aromatic N) is 4. The largest absolute Gasteiger partial charge is 0.491 e. The maximum Gasteiger partial charge on any atom is 0.416 e. The highest BCUT2D eigenvalue weighted by molar-refractivity contribution is 5.72. The molecule has 1 aliphatic heterocycles. The Morgan fingerprint density at radius 3 is 2.52 bits per heavy atom. The first-order valence-corrected chi connectivity index (χ1v) is 13.6. The van der Waals surface area contributed by atoms with E-state index >= 15 is 8.78 Å². The molecule has 0 saturated carbocycles. The van der Waals surface area contributed by atoms with Gasteiger partial charge in [0.1, 0.15) is 48.6 Å². The lowest BCUT2D eigenvalue weighted by atomic mass is 9.86. The third-order valence-electron chi connectivity index (χ3n) is 8.23. The minimum absolute atomic E-state index is 0.0661. The number of hydrogen-bond acceptors (Lipinski definition) is 9. The minimum Gasteiger partial charge on any atom is -0.491 e. The molecule has 10 nitrogen and oxygen atoms in total. The molecule has 1 saturated heterocycles. The van der Waals surface area contributed by atoms with Gasteiger partial charge in [0.2, 0.25) is 0 Å². The van der Waals surface area contributed by atoms with Crippen molar-refractivity contribution in [3.63, 3.8) is 0 Å². The van der Waals surface area contributed by atoms with Gasteiger partial charge in [0, 0.05) is 0 Å². The zero-order valence-corrected chi connectivity index (χ0v) is 23.0. The number of aliphatic hydroxyl groups is 4. The van der Waals surface area contributed by atoms with E-state index < -0.39 is 73.4 Å². The van der Waals surface area contributed by atoms with Crippen LogP contribution in [-0.2, 0) is 22.9 Å². The number of benzene rings is 2. The van der Waals surface area contributed by atoms with Crippen molar-refractivity contribution in [1.82, 2.24) is 19.5 Å². The maximum atomic E-state index is 15.1. The molecule has 15 heteroatoms. The molecule has 2 aromatic carbocycles. The first-order chi connectivity index (χ1) is 20.7. The minimum atomic E-state index is -4.82. The lowest BCUT2D eigenvalue weighted by Gasteiger charge is -2.32. The van der Waals surface area contributed by atoms with Gasteiger partial charge in [-0.25, -0.2) is 15.0 Å². The number of imidazole rings is 1. The topological polar surface area (TPSA) is 143 Å². The number of hydrogen-bond donors (Lipinski definition) is 4. The first kappa shape index (κ1) is 30.3. The number of halogens is 5. The van der Waals surface area contributed by atoms with E-state index in [9.17, 15) is 33.6 Å². The van der Waals surface area contributed by atoms with Gasteiger partial charge in [0.25, 0.3) is 0 Å². The van der Waals surface area contributed by atoms with Crippen molar-refractivity contribution in [2.24, 2.45) is 0 Å². The van der Waals surface area contributed by atoms with Crippen LogP contribution in [0, 0.1) is 6.92 Å². The summed E-state index contributed by atoms with van der Waals surface area (Å²) in [5, 5.41) is 42.5. The number of aromatic nitrogens is 4.